The molecule has 138 valence electrons. The minimum Gasteiger partial charge on any atom is -0.361 e. The number of aromatic amines is 1. The minimum absolute atomic E-state index is 0.765. The molecule has 5 heteroatoms. The van der Waals surface area contributed by atoms with Crippen LogP contribution < -0.4 is 5.32 Å². The molecule has 0 atom stereocenters. The first-order chi connectivity index (χ1) is 12.6. The van der Waals surface area contributed by atoms with Gasteiger partial charge in [-0.3, -0.25) is 4.99 Å². The summed E-state index contributed by atoms with van der Waals surface area (Å²) in [6.07, 6.45) is 5.12. The van der Waals surface area contributed by atoms with Gasteiger partial charge < -0.3 is 19.8 Å². The van der Waals surface area contributed by atoms with E-state index in [0.29, 0.717) is 0 Å². The fraction of sp³-hybridized carbons (Fsp3) is 0.381. The smallest absolute Gasteiger partial charge is 0.194 e. The van der Waals surface area contributed by atoms with Crippen molar-refractivity contribution in [3.8, 4) is 0 Å². The molecule has 2 heterocycles. The Morgan fingerprint density at radius 3 is 2.85 bits per heavy atom. The molecule has 26 heavy (non-hydrogen) atoms. The molecule has 5 nitrogen and oxygen atoms in total. The van der Waals surface area contributed by atoms with E-state index in [1.807, 2.05) is 0 Å². The number of rotatable bonds is 6. The van der Waals surface area contributed by atoms with Crippen molar-refractivity contribution in [1.82, 2.24) is 19.8 Å². The zero-order valence-corrected chi connectivity index (χ0v) is 16.2. The predicted octanol–water partition coefficient (Wildman–Crippen LogP) is 3.45. The third kappa shape index (κ3) is 3.93. The van der Waals surface area contributed by atoms with Crippen molar-refractivity contribution in [2.45, 2.75) is 26.8 Å². The number of aliphatic imine (C=N–C) groups is 1. The lowest BCUT2D eigenvalue weighted by atomic mass is 10.1. The summed E-state index contributed by atoms with van der Waals surface area (Å²) in [4.78, 5) is 10.4. The Morgan fingerprint density at radius 1 is 1.27 bits per heavy atom. The van der Waals surface area contributed by atoms with Gasteiger partial charge >= 0.3 is 0 Å². The van der Waals surface area contributed by atoms with Crippen molar-refractivity contribution in [3.63, 3.8) is 0 Å². The number of hydrogen-bond acceptors (Lipinski definition) is 1. The minimum atomic E-state index is 0.765. The van der Waals surface area contributed by atoms with Gasteiger partial charge in [0.05, 0.1) is 6.54 Å². The van der Waals surface area contributed by atoms with Gasteiger partial charge in [-0.1, -0.05) is 18.2 Å². The maximum atomic E-state index is 4.84. The van der Waals surface area contributed by atoms with Gasteiger partial charge in [0.25, 0.3) is 0 Å². The van der Waals surface area contributed by atoms with Crippen LogP contribution in [0.25, 0.3) is 10.9 Å². The Morgan fingerprint density at radius 2 is 2.12 bits per heavy atom. The summed E-state index contributed by atoms with van der Waals surface area (Å²) in [5, 5.41) is 4.71. The highest BCUT2D eigenvalue weighted by atomic mass is 15.3. The Labute approximate surface area is 155 Å². The van der Waals surface area contributed by atoms with Crippen molar-refractivity contribution in [1.29, 1.82) is 0 Å². The number of H-pyrrole nitrogens is 1. The molecule has 0 amide bonds. The topological polar surface area (TPSA) is 48.4 Å². The lowest BCUT2D eigenvalue weighted by Gasteiger charge is -2.22. The number of aryl methyl sites for hydroxylation is 2. The highest BCUT2D eigenvalue weighted by molar-refractivity contribution is 5.86. The molecule has 0 fully saturated rings. The monoisotopic (exact) mass is 351 g/mol. The summed E-state index contributed by atoms with van der Waals surface area (Å²) in [5.41, 5.74) is 5.12. The molecule has 2 N–H and O–H groups in total. The number of fused-ring (bicyclic) bond motifs is 1. The molecule has 0 saturated carbocycles. The van der Waals surface area contributed by atoms with Crippen molar-refractivity contribution >= 4 is 16.9 Å². The quantitative estimate of drug-likeness (QED) is 0.528. The summed E-state index contributed by atoms with van der Waals surface area (Å²) in [6, 6.07) is 10.7. The van der Waals surface area contributed by atoms with Gasteiger partial charge in [-0.05, 0) is 43.5 Å². The van der Waals surface area contributed by atoms with Crippen LogP contribution >= 0.6 is 0 Å². The maximum absolute atomic E-state index is 4.84. The van der Waals surface area contributed by atoms with E-state index in [1.165, 1.54) is 27.7 Å². The predicted molar refractivity (Wildman–Crippen MR) is 110 cm³/mol. The standard InChI is InChI=1S/C21H29N5/c1-5-22-21(26(4)15-18-9-7-13-25(18)3)23-12-11-17-14-24-20-16(2)8-6-10-19(17)20/h6-10,13-14,24H,5,11-12,15H2,1-4H3,(H,22,23). The van der Waals surface area contributed by atoms with Gasteiger partial charge in [0, 0.05) is 56.2 Å². The third-order valence-electron chi connectivity index (χ3n) is 4.80. The van der Waals surface area contributed by atoms with Crippen LogP contribution in [0.5, 0.6) is 0 Å². The largest absolute Gasteiger partial charge is 0.361 e. The summed E-state index contributed by atoms with van der Waals surface area (Å²) in [5.74, 6) is 0.949. The van der Waals surface area contributed by atoms with Crippen LogP contribution in [0.3, 0.4) is 0 Å². The van der Waals surface area contributed by atoms with Crippen molar-refractivity contribution in [3.05, 3.63) is 59.5 Å². The molecule has 0 unspecified atom stereocenters. The van der Waals surface area contributed by atoms with Gasteiger partial charge in [0.15, 0.2) is 5.96 Å². The molecule has 0 aliphatic carbocycles. The number of nitrogens with zero attached hydrogens (tertiary/aromatic N) is 3. The fourth-order valence-corrected chi connectivity index (χ4v) is 3.30. The summed E-state index contributed by atoms with van der Waals surface area (Å²) >= 11 is 0. The maximum Gasteiger partial charge on any atom is 0.194 e. The first-order valence-electron chi connectivity index (χ1n) is 9.25. The van der Waals surface area contributed by atoms with Crippen LogP contribution in [0.2, 0.25) is 0 Å². The molecule has 1 aromatic carbocycles. The fourth-order valence-electron chi connectivity index (χ4n) is 3.30. The molecule has 0 spiro atoms. The number of para-hydroxylation sites is 1. The molecule has 0 radical (unpaired) electrons. The molecule has 0 aliphatic heterocycles. The van der Waals surface area contributed by atoms with Gasteiger partial charge in [-0.25, -0.2) is 0 Å². The first-order valence-corrected chi connectivity index (χ1v) is 9.25. The van der Waals surface area contributed by atoms with E-state index in [0.717, 1.165) is 32.0 Å². The molecule has 3 aromatic rings. The second-order valence-electron chi connectivity index (χ2n) is 6.76. The van der Waals surface area contributed by atoms with E-state index < -0.39 is 0 Å². The Kier molecular flexibility index (Phi) is 5.66. The number of aromatic nitrogens is 2. The zero-order valence-electron chi connectivity index (χ0n) is 16.2. The van der Waals surface area contributed by atoms with E-state index in [1.54, 1.807) is 0 Å². The Balaban J connectivity index is 1.68. The summed E-state index contributed by atoms with van der Waals surface area (Å²) in [6.45, 7) is 6.71. The molecule has 0 bridgehead atoms. The lowest BCUT2D eigenvalue weighted by molar-refractivity contribution is 0.462. The Hall–Kier alpha value is -2.69. The average Bonchev–Trinajstić information content (AvgIpc) is 3.22. The molecule has 2 aromatic heterocycles. The van der Waals surface area contributed by atoms with Gasteiger partial charge in [-0.2, -0.15) is 0 Å². The highest BCUT2D eigenvalue weighted by Crippen LogP contribution is 2.21. The third-order valence-corrected chi connectivity index (χ3v) is 4.80. The summed E-state index contributed by atoms with van der Waals surface area (Å²) < 4.78 is 2.15. The van der Waals surface area contributed by atoms with E-state index in [-0.39, 0.29) is 0 Å². The summed E-state index contributed by atoms with van der Waals surface area (Å²) in [7, 11) is 4.16. The zero-order chi connectivity index (χ0) is 18.5. The van der Waals surface area contributed by atoms with Gasteiger partial charge in [0.1, 0.15) is 0 Å². The van der Waals surface area contributed by atoms with Gasteiger partial charge in [-0.15, -0.1) is 0 Å². The van der Waals surface area contributed by atoms with Gasteiger partial charge in [0.2, 0.25) is 0 Å². The van der Waals surface area contributed by atoms with Crippen LogP contribution in [0.15, 0.2) is 47.7 Å². The SMILES string of the molecule is CCNC(=NCCc1c[nH]c2c(C)cccc12)N(C)Cc1cccn1C. The van der Waals surface area contributed by atoms with Crippen LogP contribution in [0, 0.1) is 6.92 Å². The molecule has 3 rings (SSSR count). The first kappa shape index (κ1) is 18.1. The second-order valence-corrected chi connectivity index (χ2v) is 6.76. The van der Waals surface area contributed by atoms with Crippen LogP contribution in [0.4, 0.5) is 0 Å². The van der Waals surface area contributed by atoms with E-state index in [2.05, 4.69) is 90.4 Å². The Bertz CT molecular complexity index is 887. The molecular weight excluding hydrogens is 322 g/mol. The number of nitrogens with one attached hydrogen (secondary N) is 2. The number of hydrogen-bond donors (Lipinski definition) is 2. The highest BCUT2D eigenvalue weighted by Gasteiger charge is 2.09. The van der Waals surface area contributed by atoms with Crippen LogP contribution in [0.1, 0.15) is 23.7 Å². The lowest BCUT2D eigenvalue weighted by Crippen LogP contribution is -2.39. The van der Waals surface area contributed by atoms with Crippen molar-refractivity contribution < 1.29 is 0 Å². The average molecular weight is 351 g/mol. The normalized spacial score (nSPS) is 11.9. The van der Waals surface area contributed by atoms with E-state index in [9.17, 15) is 0 Å². The second kappa shape index (κ2) is 8.13. The molecule has 0 saturated heterocycles. The molecular formula is C21H29N5. The number of guanidine groups is 1. The molecule has 0 aliphatic rings. The van der Waals surface area contributed by atoms with E-state index in [4.69, 9.17) is 4.99 Å². The van der Waals surface area contributed by atoms with Crippen molar-refractivity contribution in [2.24, 2.45) is 12.0 Å². The van der Waals surface area contributed by atoms with Crippen molar-refractivity contribution in [2.75, 3.05) is 20.1 Å². The number of benzene rings is 1. The van der Waals surface area contributed by atoms with E-state index >= 15 is 0 Å². The van der Waals surface area contributed by atoms with Crippen LogP contribution in [-0.4, -0.2) is 40.5 Å². The van der Waals surface area contributed by atoms with Crippen LogP contribution in [-0.2, 0) is 20.0 Å².